The fourth-order valence-electron chi connectivity index (χ4n) is 2.65. The number of hydrogen-bond donors (Lipinski definition) is 0. The highest BCUT2D eigenvalue weighted by Gasteiger charge is 2.38. The van der Waals surface area contributed by atoms with Crippen molar-refractivity contribution in [3.05, 3.63) is 23.8 Å². The van der Waals surface area contributed by atoms with E-state index in [4.69, 9.17) is 0 Å². The number of carbonyl (C=O) groups excluding carboxylic acids is 1. The highest BCUT2D eigenvalue weighted by Crippen LogP contribution is 2.44. The maximum atomic E-state index is 12.1. The fourth-order valence-corrected chi connectivity index (χ4v) is 2.65. The first-order valence-electron chi connectivity index (χ1n) is 5.88. The Balaban J connectivity index is 3.02. The molecule has 0 N–H and O–H groups in total. The molecule has 84 valence electrons. The first kappa shape index (κ1) is 12.2. The van der Waals surface area contributed by atoms with Crippen molar-refractivity contribution in [3.8, 4) is 0 Å². The lowest BCUT2D eigenvalue weighted by Crippen LogP contribution is -2.35. The van der Waals surface area contributed by atoms with E-state index >= 15 is 0 Å². The predicted octanol–water partition coefficient (Wildman–Crippen LogP) is 3.90. The molecule has 0 fully saturated rings. The van der Waals surface area contributed by atoms with Crippen LogP contribution in [0, 0.1) is 11.3 Å². The van der Waals surface area contributed by atoms with Crippen molar-refractivity contribution in [1.82, 2.24) is 0 Å². The molecule has 0 saturated heterocycles. The molecule has 1 rings (SSSR count). The van der Waals surface area contributed by atoms with Crippen molar-refractivity contribution in [2.24, 2.45) is 11.3 Å². The van der Waals surface area contributed by atoms with Crippen LogP contribution < -0.4 is 0 Å². The van der Waals surface area contributed by atoms with Crippen molar-refractivity contribution in [2.45, 2.75) is 47.0 Å². The van der Waals surface area contributed by atoms with Crippen LogP contribution in [0.3, 0.4) is 0 Å². The number of hydrogen-bond acceptors (Lipinski definition) is 1. The van der Waals surface area contributed by atoms with E-state index in [1.165, 1.54) is 5.57 Å². The van der Waals surface area contributed by atoms with Crippen LogP contribution in [0.2, 0.25) is 0 Å². The van der Waals surface area contributed by atoms with Crippen molar-refractivity contribution in [2.75, 3.05) is 0 Å². The SMILES string of the molecule is C/C=C/C(=O)C1C(C)=CCCC1(C)CC. The zero-order valence-corrected chi connectivity index (χ0v) is 10.3. The van der Waals surface area contributed by atoms with Crippen molar-refractivity contribution in [1.29, 1.82) is 0 Å². The van der Waals surface area contributed by atoms with E-state index < -0.39 is 0 Å². The Labute approximate surface area is 93.3 Å². The zero-order chi connectivity index (χ0) is 11.5. The van der Waals surface area contributed by atoms with Crippen LogP contribution in [0.4, 0.5) is 0 Å². The van der Waals surface area contributed by atoms with Crippen LogP contribution >= 0.6 is 0 Å². The second-order valence-electron chi connectivity index (χ2n) is 4.83. The van der Waals surface area contributed by atoms with Gasteiger partial charge in [0.25, 0.3) is 0 Å². The fraction of sp³-hybridized carbons (Fsp3) is 0.643. The van der Waals surface area contributed by atoms with E-state index in [1.54, 1.807) is 6.08 Å². The lowest BCUT2D eigenvalue weighted by Gasteiger charge is -2.39. The molecule has 0 heterocycles. The van der Waals surface area contributed by atoms with Crippen LogP contribution in [-0.4, -0.2) is 5.78 Å². The summed E-state index contributed by atoms with van der Waals surface area (Å²) >= 11 is 0. The average molecular weight is 206 g/mol. The Morgan fingerprint density at radius 1 is 1.67 bits per heavy atom. The van der Waals surface area contributed by atoms with E-state index in [0.29, 0.717) is 0 Å². The molecule has 0 radical (unpaired) electrons. The summed E-state index contributed by atoms with van der Waals surface area (Å²) in [5, 5.41) is 0. The van der Waals surface area contributed by atoms with Gasteiger partial charge in [0.2, 0.25) is 0 Å². The summed E-state index contributed by atoms with van der Waals surface area (Å²) in [4.78, 5) is 12.1. The molecule has 0 aromatic heterocycles. The summed E-state index contributed by atoms with van der Waals surface area (Å²) in [6, 6.07) is 0. The minimum absolute atomic E-state index is 0.104. The van der Waals surface area contributed by atoms with Crippen molar-refractivity contribution in [3.63, 3.8) is 0 Å². The summed E-state index contributed by atoms with van der Waals surface area (Å²) in [7, 11) is 0. The van der Waals surface area contributed by atoms with Gasteiger partial charge in [0.05, 0.1) is 0 Å². The molecular weight excluding hydrogens is 184 g/mol. The molecule has 0 saturated carbocycles. The van der Waals surface area contributed by atoms with Gasteiger partial charge < -0.3 is 0 Å². The van der Waals surface area contributed by atoms with Gasteiger partial charge in [-0.3, -0.25) is 4.79 Å². The molecule has 1 aliphatic rings. The Hall–Kier alpha value is -0.850. The number of allylic oxidation sites excluding steroid dienone is 4. The minimum Gasteiger partial charge on any atom is -0.294 e. The van der Waals surface area contributed by atoms with Crippen LogP contribution in [0.25, 0.3) is 0 Å². The van der Waals surface area contributed by atoms with Gasteiger partial charge in [0, 0.05) is 5.92 Å². The summed E-state index contributed by atoms with van der Waals surface area (Å²) < 4.78 is 0. The third-order valence-electron chi connectivity index (χ3n) is 3.76. The lowest BCUT2D eigenvalue weighted by molar-refractivity contribution is -0.120. The molecule has 1 aliphatic carbocycles. The third-order valence-corrected chi connectivity index (χ3v) is 3.76. The third kappa shape index (κ3) is 2.39. The van der Waals surface area contributed by atoms with Gasteiger partial charge in [-0.1, -0.05) is 31.6 Å². The van der Waals surface area contributed by atoms with E-state index in [1.807, 2.05) is 13.0 Å². The molecule has 15 heavy (non-hydrogen) atoms. The maximum Gasteiger partial charge on any atom is 0.162 e. The number of rotatable bonds is 3. The first-order chi connectivity index (χ1) is 7.05. The molecule has 0 amide bonds. The lowest BCUT2D eigenvalue weighted by atomic mass is 9.64. The predicted molar refractivity (Wildman–Crippen MR) is 64.7 cm³/mol. The highest BCUT2D eigenvalue weighted by atomic mass is 16.1. The van der Waals surface area contributed by atoms with E-state index in [9.17, 15) is 4.79 Å². The number of carbonyl (C=O) groups is 1. The summed E-state index contributed by atoms with van der Waals surface area (Å²) in [6.07, 6.45) is 9.13. The molecule has 0 aromatic rings. The van der Waals surface area contributed by atoms with Gasteiger partial charge in [0.15, 0.2) is 5.78 Å². The minimum atomic E-state index is 0.104. The van der Waals surface area contributed by atoms with Gasteiger partial charge in [-0.2, -0.15) is 0 Å². The maximum absolute atomic E-state index is 12.1. The molecule has 2 unspecified atom stereocenters. The molecule has 0 aromatic carbocycles. The van der Waals surface area contributed by atoms with Gasteiger partial charge in [-0.05, 0) is 44.6 Å². The zero-order valence-electron chi connectivity index (χ0n) is 10.3. The monoisotopic (exact) mass is 206 g/mol. The molecule has 0 bridgehead atoms. The van der Waals surface area contributed by atoms with Gasteiger partial charge in [-0.25, -0.2) is 0 Å². The number of ketones is 1. The Bertz CT molecular complexity index is 298. The second-order valence-corrected chi connectivity index (χ2v) is 4.83. The first-order valence-corrected chi connectivity index (χ1v) is 5.88. The molecule has 0 aliphatic heterocycles. The summed E-state index contributed by atoms with van der Waals surface area (Å²) in [5.41, 5.74) is 1.42. The smallest absolute Gasteiger partial charge is 0.162 e. The molecule has 0 spiro atoms. The molecule has 1 nitrogen and oxygen atoms in total. The topological polar surface area (TPSA) is 17.1 Å². The van der Waals surface area contributed by atoms with Crippen molar-refractivity contribution < 1.29 is 4.79 Å². The van der Waals surface area contributed by atoms with E-state index in [2.05, 4.69) is 26.8 Å². The molecular formula is C14H22O. The summed E-state index contributed by atoms with van der Waals surface area (Å²) in [5.74, 6) is 0.378. The van der Waals surface area contributed by atoms with Crippen LogP contribution in [0.15, 0.2) is 23.8 Å². The van der Waals surface area contributed by atoms with Crippen LogP contribution in [0.1, 0.15) is 47.0 Å². The van der Waals surface area contributed by atoms with Crippen LogP contribution in [-0.2, 0) is 4.79 Å². The van der Waals surface area contributed by atoms with E-state index in [-0.39, 0.29) is 17.1 Å². The summed E-state index contributed by atoms with van der Waals surface area (Å²) in [6.45, 7) is 8.44. The molecule has 2 atom stereocenters. The normalized spacial score (nSPS) is 31.7. The van der Waals surface area contributed by atoms with Gasteiger partial charge in [-0.15, -0.1) is 0 Å². The highest BCUT2D eigenvalue weighted by molar-refractivity contribution is 5.94. The quantitative estimate of drug-likeness (QED) is 0.505. The second kappa shape index (κ2) is 4.78. The van der Waals surface area contributed by atoms with E-state index in [0.717, 1.165) is 19.3 Å². The van der Waals surface area contributed by atoms with Crippen LogP contribution in [0.5, 0.6) is 0 Å². The van der Waals surface area contributed by atoms with Gasteiger partial charge >= 0.3 is 0 Å². The Morgan fingerprint density at radius 2 is 2.33 bits per heavy atom. The largest absolute Gasteiger partial charge is 0.294 e. The molecule has 1 heteroatoms. The Kier molecular flexibility index (Phi) is 3.90. The average Bonchev–Trinajstić information content (AvgIpc) is 2.18. The van der Waals surface area contributed by atoms with Gasteiger partial charge in [0.1, 0.15) is 0 Å². The Morgan fingerprint density at radius 3 is 2.87 bits per heavy atom. The standard InChI is InChI=1S/C14H22O/c1-5-8-12(15)13-11(3)9-7-10-14(13,4)6-2/h5,8-9,13H,6-7,10H2,1-4H3/b8-5+. The van der Waals surface area contributed by atoms with Crippen molar-refractivity contribution >= 4 is 5.78 Å².